The summed E-state index contributed by atoms with van der Waals surface area (Å²) in [4.78, 5) is 23.0. The molecule has 0 atom stereocenters. The van der Waals surface area contributed by atoms with Crippen molar-refractivity contribution in [1.29, 1.82) is 0 Å². The Morgan fingerprint density at radius 1 is 1.24 bits per heavy atom. The Kier molecular flexibility index (Phi) is 4.24. The van der Waals surface area contributed by atoms with Crippen LogP contribution in [0.25, 0.3) is 16.2 Å². The maximum atomic E-state index is 12.4. The molecule has 4 aromatic rings. The van der Waals surface area contributed by atoms with Gasteiger partial charge in [-0.05, 0) is 25.1 Å². The maximum Gasteiger partial charge on any atom is 0.277 e. The molecule has 25 heavy (non-hydrogen) atoms. The second kappa shape index (κ2) is 6.42. The number of nitrogens with zero attached hydrogens (tertiary/aromatic N) is 3. The molecule has 0 fully saturated rings. The number of carbonyl (C=O) groups is 1. The largest absolute Gasteiger partial charge is 0.297 e. The fourth-order valence-electron chi connectivity index (χ4n) is 2.33. The molecule has 0 saturated heterocycles. The summed E-state index contributed by atoms with van der Waals surface area (Å²) in [7, 11) is 0. The van der Waals surface area contributed by atoms with Crippen molar-refractivity contribution in [2.45, 2.75) is 6.92 Å². The molecule has 0 bridgehead atoms. The molecular weight excluding hydrogens is 399 g/mol. The van der Waals surface area contributed by atoms with E-state index in [4.69, 9.17) is 23.2 Å². The Balaban J connectivity index is 1.55. The lowest BCUT2D eigenvalue weighted by Crippen LogP contribution is -2.12. The van der Waals surface area contributed by atoms with Crippen molar-refractivity contribution in [3.05, 3.63) is 56.6 Å². The van der Waals surface area contributed by atoms with Gasteiger partial charge in [-0.25, -0.2) is 9.97 Å². The van der Waals surface area contributed by atoms with Crippen LogP contribution in [0.15, 0.2) is 36.0 Å². The number of carbonyl (C=O) groups excluding carboxylic acids is 1. The molecule has 3 aromatic heterocycles. The van der Waals surface area contributed by atoms with Crippen LogP contribution in [0.1, 0.15) is 15.4 Å². The van der Waals surface area contributed by atoms with Crippen LogP contribution in [0.2, 0.25) is 10.0 Å². The Bertz CT molecular complexity index is 1070. The van der Waals surface area contributed by atoms with Crippen LogP contribution in [0, 0.1) is 6.92 Å². The highest BCUT2D eigenvalue weighted by molar-refractivity contribution is 7.17. The molecule has 1 N–H and O–H groups in total. The van der Waals surface area contributed by atoms with Crippen molar-refractivity contribution in [2.75, 3.05) is 5.32 Å². The van der Waals surface area contributed by atoms with Gasteiger partial charge in [-0.1, -0.05) is 23.2 Å². The highest BCUT2D eigenvalue weighted by Gasteiger charge is 2.15. The molecule has 1 aromatic carbocycles. The number of hydrogen-bond donors (Lipinski definition) is 1. The van der Waals surface area contributed by atoms with Gasteiger partial charge in [0, 0.05) is 33.2 Å². The van der Waals surface area contributed by atoms with Crippen LogP contribution < -0.4 is 5.32 Å². The second-order valence-electron chi connectivity index (χ2n) is 5.27. The molecule has 3 heterocycles. The van der Waals surface area contributed by atoms with Gasteiger partial charge in [0.25, 0.3) is 5.91 Å². The molecule has 0 aliphatic heterocycles. The van der Waals surface area contributed by atoms with Crippen molar-refractivity contribution in [3.63, 3.8) is 0 Å². The van der Waals surface area contributed by atoms with E-state index in [0.29, 0.717) is 26.6 Å². The molecule has 126 valence electrons. The third-order valence-corrected chi connectivity index (χ3v) is 5.65. The predicted molar refractivity (Wildman–Crippen MR) is 103 cm³/mol. The van der Waals surface area contributed by atoms with Crippen LogP contribution in [0.4, 0.5) is 5.13 Å². The van der Waals surface area contributed by atoms with E-state index in [1.807, 2.05) is 22.9 Å². The average Bonchev–Trinajstić information content (AvgIpc) is 3.22. The molecule has 9 heteroatoms. The van der Waals surface area contributed by atoms with E-state index in [9.17, 15) is 4.79 Å². The van der Waals surface area contributed by atoms with Crippen LogP contribution in [-0.4, -0.2) is 20.3 Å². The first-order valence-corrected chi connectivity index (χ1v) is 9.62. The minimum Gasteiger partial charge on any atom is -0.297 e. The quantitative estimate of drug-likeness (QED) is 0.494. The van der Waals surface area contributed by atoms with Gasteiger partial charge in [0.05, 0.1) is 10.7 Å². The highest BCUT2D eigenvalue weighted by Crippen LogP contribution is 2.32. The zero-order chi connectivity index (χ0) is 17.6. The number of anilines is 1. The summed E-state index contributed by atoms with van der Waals surface area (Å²) in [5.41, 5.74) is 1.80. The smallest absolute Gasteiger partial charge is 0.277 e. The van der Waals surface area contributed by atoms with Crippen molar-refractivity contribution in [1.82, 2.24) is 14.4 Å². The van der Waals surface area contributed by atoms with Crippen LogP contribution in [0.5, 0.6) is 0 Å². The molecule has 0 saturated carbocycles. The Labute approximate surface area is 160 Å². The van der Waals surface area contributed by atoms with E-state index >= 15 is 0 Å². The van der Waals surface area contributed by atoms with E-state index in [1.54, 1.807) is 24.4 Å². The number of hydrogen-bond acceptors (Lipinski definition) is 5. The van der Waals surface area contributed by atoms with E-state index in [0.717, 1.165) is 15.4 Å². The molecule has 0 spiro atoms. The fourth-order valence-corrected chi connectivity index (χ4v) is 4.35. The lowest BCUT2D eigenvalue weighted by molar-refractivity contribution is 0.102. The van der Waals surface area contributed by atoms with Crippen molar-refractivity contribution in [2.24, 2.45) is 0 Å². The molecule has 5 nitrogen and oxygen atoms in total. The van der Waals surface area contributed by atoms with Gasteiger partial charge in [0.1, 0.15) is 5.69 Å². The molecule has 0 aliphatic carbocycles. The number of fused-ring (bicyclic) bond motifs is 1. The van der Waals surface area contributed by atoms with Crippen LogP contribution in [0.3, 0.4) is 0 Å². The van der Waals surface area contributed by atoms with Gasteiger partial charge < -0.3 is 0 Å². The number of halogens is 2. The summed E-state index contributed by atoms with van der Waals surface area (Å²) in [5.74, 6) is -0.295. The zero-order valence-electron chi connectivity index (χ0n) is 12.8. The Morgan fingerprint density at radius 3 is 2.84 bits per heavy atom. The molecule has 0 unspecified atom stereocenters. The molecule has 1 amide bonds. The van der Waals surface area contributed by atoms with Gasteiger partial charge in [-0.2, -0.15) is 0 Å². The summed E-state index contributed by atoms with van der Waals surface area (Å²) < 4.78 is 1.84. The van der Waals surface area contributed by atoms with Gasteiger partial charge in [0.2, 0.25) is 0 Å². The predicted octanol–water partition coefficient (Wildman–Crippen LogP) is 5.39. The third kappa shape index (κ3) is 3.28. The summed E-state index contributed by atoms with van der Waals surface area (Å²) in [5, 5.41) is 6.17. The minimum atomic E-state index is -0.295. The molecule has 4 rings (SSSR count). The van der Waals surface area contributed by atoms with Crippen molar-refractivity contribution in [3.8, 4) is 11.3 Å². The Morgan fingerprint density at radius 2 is 2.08 bits per heavy atom. The number of aryl methyl sites for hydroxylation is 1. The second-order valence-corrected chi connectivity index (χ2v) is 8.19. The SMILES string of the molecule is Cc1cn2cc(C(=O)Nc3nc(-c4ccc(Cl)cc4Cl)cs3)nc2s1. The number of rotatable bonds is 3. The first-order valence-electron chi connectivity index (χ1n) is 7.17. The number of imidazole rings is 1. The number of benzene rings is 1. The third-order valence-electron chi connectivity index (χ3n) is 3.44. The average molecular weight is 409 g/mol. The van der Waals surface area contributed by atoms with Gasteiger partial charge >= 0.3 is 0 Å². The monoisotopic (exact) mass is 408 g/mol. The number of aromatic nitrogens is 3. The van der Waals surface area contributed by atoms with Gasteiger partial charge in [-0.3, -0.25) is 14.5 Å². The van der Waals surface area contributed by atoms with Crippen LogP contribution >= 0.6 is 45.9 Å². The van der Waals surface area contributed by atoms with E-state index in [-0.39, 0.29) is 5.91 Å². The normalized spacial score (nSPS) is 11.2. The first kappa shape index (κ1) is 16.5. The zero-order valence-corrected chi connectivity index (χ0v) is 15.9. The highest BCUT2D eigenvalue weighted by atomic mass is 35.5. The molecule has 0 radical (unpaired) electrons. The summed E-state index contributed by atoms with van der Waals surface area (Å²) in [6.45, 7) is 2.00. The van der Waals surface area contributed by atoms with Gasteiger partial charge in [0.15, 0.2) is 10.1 Å². The van der Waals surface area contributed by atoms with E-state index < -0.39 is 0 Å². The number of thiazole rings is 2. The first-order chi connectivity index (χ1) is 12.0. The molecule has 0 aliphatic rings. The van der Waals surface area contributed by atoms with E-state index in [1.165, 1.54) is 22.7 Å². The van der Waals surface area contributed by atoms with Crippen LogP contribution in [-0.2, 0) is 0 Å². The fraction of sp³-hybridized carbons (Fsp3) is 0.0625. The summed E-state index contributed by atoms with van der Waals surface area (Å²) in [6, 6.07) is 5.22. The summed E-state index contributed by atoms with van der Waals surface area (Å²) in [6.07, 6.45) is 3.65. The van der Waals surface area contributed by atoms with Crippen molar-refractivity contribution < 1.29 is 4.79 Å². The topological polar surface area (TPSA) is 59.3 Å². The number of amides is 1. The van der Waals surface area contributed by atoms with Crippen molar-refractivity contribution >= 4 is 61.9 Å². The maximum absolute atomic E-state index is 12.4. The molecular formula is C16H10Cl2N4OS2. The van der Waals surface area contributed by atoms with E-state index in [2.05, 4.69) is 15.3 Å². The Hall–Kier alpha value is -1.93. The lowest BCUT2D eigenvalue weighted by atomic mass is 10.2. The minimum absolute atomic E-state index is 0.295. The number of nitrogens with one attached hydrogen (secondary N) is 1. The lowest BCUT2D eigenvalue weighted by Gasteiger charge is -2.01. The standard InChI is InChI=1S/C16H10Cl2N4OS2/c1-8-5-22-6-12(20-16(22)25-8)14(23)21-15-19-13(7-24-15)10-3-2-9(17)4-11(10)18/h2-7H,1H3,(H,19,21,23). The van der Waals surface area contributed by atoms with Gasteiger partial charge in [-0.15, -0.1) is 22.7 Å². The summed E-state index contributed by atoms with van der Waals surface area (Å²) >= 11 is 15.0.